The average Bonchev–Trinajstić information content (AvgIpc) is 3.04. The first-order valence-electron chi connectivity index (χ1n) is 5.25. The number of hydrogen-bond acceptors (Lipinski definition) is 2. The Labute approximate surface area is 92.2 Å². The summed E-state index contributed by atoms with van der Waals surface area (Å²) >= 11 is 0. The number of ether oxygens (including phenoxy) is 1. The minimum absolute atomic E-state index is 0.191. The highest BCUT2D eigenvalue weighted by Crippen LogP contribution is 2.30. The van der Waals surface area contributed by atoms with Gasteiger partial charge in [-0.2, -0.15) is 0 Å². The lowest BCUT2D eigenvalue weighted by molar-refractivity contribution is -0.107. The third-order valence-corrected chi connectivity index (χ3v) is 2.58. The van der Waals surface area contributed by atoms with Gasteiger partial charge in [-0.15, -0.1) is 0 Å². The zero-order valence-electron chi connectivity index (χ0n) is 8.71. The summed E-state index contributed by atoms with van der Waals surface area (Å²) in [4.78, 5) is 10.2. The van der Waals surface area contributed by atoms with Crippen LogP contribution in [0.1, 0.15) is 18.4 Å². The summed E-state index contributed by atoms with van der Waals surface area (Å²) in [5.74, 6) is -0.729. The summed E-state index contributed by atoms with van der Waals surface area (Å²) < 4.78 is 32.0. The summed E-state index contributed by atoms with van der Waals surface area (Å²) in [6, 6.07) is 2.26. The lowest BCUT2D eigenvalue weighted by atomic mass is 10.1. The van der Waals surface area contributed by atoms with Crippen molar-refractivity contribution in [3.8, 4) is 5.75 Å². The van der Waals surface area contributed by atoms with Crippen molar-refractivity contribution in [3.63, 3.8) is 0 Å². The fourth-order valence-electron chi connectivity index (χ4n) is 1.44. The molecule has 0 radical (unpaired) electrons. The number of carbonyl (C=O) groups is 1. The summed E-state index contributed by atoms with van der Waals surface area (Å²) in [5, 5.41) is 0. The van der Waals surface area contributed by atoms with Crippen LogP contribution in [0.5, 0.6) is 5.75 Å². The van der Waals surface area contributed by atoms with E-state index in [9.17, 15) is 13.6 Å². The van der Waals surface area contributed by atoms with Gasteiger partial charge in [-0.3, -0.25) is 0 Å². The van der Waals surface area contributed by atoms with Crippen molar-refractivity contribution < 1.29 is 18.3 Å². The first-order valence-corrected chi connectivity index (χ1v) is 5.25. The maximum atomic E-state index is 13.4. The molecular weight excluding hydrogens is 214 g/mol. The van der Waals surface area contributed by atoms with E-state index in [1.165, 1.54) is 0 Å². The van der Waals surface area contributed by atoms with Crippen LogP contribution in [0.15, 0.2) is 12.1 Å². The number of hydrogen-bond donors (Lipinski definition) is 0. The van der Waals surface area contributed by atoms with Gasteiger partial charge in [0.25, 0.3) is 0 Å². The van der Waals surface area contributed by atoms with Crippen LogP contribution in [0, 0.1) is 17.6 Å². The molecule has 0 aliphatic heterocycles. The van der Waals surface area contributed by atoms with Crippen LogP contribution in [0.25, 0.3) is 0 Å². The fourth-order valence-corrected chi connectivity index (χ4v) is 1.44. The van der Waals surface area contributed by atoms with Gasteiger partial charge in [0.05, 0.1) is 6.61 Å². The number of carbonyl (C=O) groups excluding carboxylic acids is 1. The number of benzene rings is 1. The molecule has 1 saturated carbocycles. The second-order valence-electron chi connectivity index (χ2n) is 3.99. The van der Waals surface area contributed by atoms with Gasteiger partial charge in [-0.1, -0.05) is 0 Å². The van der Waals surface area contributed by atoms with E-state index < -0.39 is 11.6 Å². The maximum Gasteiger partial charge on any atom is 0.133 e. The zero-order valence-corrected chi connectivity index (χ0v) is 8.71. The van der Waals surface area contributed by atoms with E-state index in [2.05, 4.69) is 0 Å². The molecule has 0 heterocycles. The Morgan fingerprint density at radius 3 is 2.44 bits per heavy atom. The highest BCUT2D eigenvalue weighted by atomic mass is 19.1. The van der Waals surface area contributed by atoms with Crippen LogP contribution in [-0.4, -0.2) is 12.9 Å². The van der Waals surface area contributed by atoms with Gasteiger partial charge >= 0.3 is 0 Å². The quantitative estimate of drug-likeness (QED) is 0.721. The van der Waals surface area contributed by atoms with E-state index in [1.807, 2.05) is 0 Å². The Kier molecular flexibility index (Phi) is 3.17. The van der Waals surface area contributed by atoms with E-state index in [0.717, 1.165) is 25.0 Å². The molecule has 1 aromatic rings. The normalized spacial score (nSPS) is 14.9. The molecule has 16 heavy (non-hydrogen) atoms. The summed E-state index contributed by atoms with van der Waals surface area (Å²) in [6.45, 7) is 0.506. The molecule has 0 atom stereocenters. The highest BCUT2D eigenvalue weighted by Gasteiger charge is 2.22. The first-order chi connectivity index (χ1) is 7.70. The third kappa shape index (κ3) is 2.56. The van der Waals surface area contributed by atoms with Crippen molar-refractivity contribution >= 4 is 6.29 Å². The monoisotopic (exact) mass is 226 g/mol. The van der Waals surface area contributed by atoms with Crippen molar-refractivity contribution in [2.75, 3.05) is 6.61 Å². The van der Waals surface area contributed by atoms with Crippen molar-refractivity contribution in [3.05, 3.63) is 29.3 Å². The van der Waals surface area contributed by atoms with Gasteiger partial charge in [0.1, 0.15) is 23.7 Å². The molecular formula is C12H12F2O2. The third-order valence-electron chi connectivity index (χ3n) is 2.58. The van der Waals surface area contributed by atoms with Crippen molar-refractivity contribution in [2.24, 2.45) is 5.92 Å². The molecule has 2 rings (SSSR count). The molecule has 0 unspecified atom stereocenters. The maximum absolute atomic E-state index is 13.4. The SMILES string of the molecule is O=CCc1c(F)cc(OCC2CC2)cc1F. The van der Waals surface area contributed by atoms with Gasteiger partial charge in [-0.05, 0) is 18.8 Å². The first kappa shape index (κ1) is 11.0. The summed E-state index contributed by atoms with van der Waals surface area (Å²) in [6.07, 6.45) is 2.47. The minimum atomic E-state index is -0.724. The van der Waals surface area contributed by atoms with E-state index in [4.69, 9.17) is 4.74 Å². The number of aldehydes is 1. The molecule has 1 aliphatic carbocycles. The molecule has 0 spiro atoms. The van der Waals surface area contributed by atoms with Crippen LogP contribution >= 0.6 is 0 Å². The van der Waals surface area contributed by atoms with Crippen molar-refractivity contribution in [2.45, 2.75) is 19.3 Å². The van der Waals surface area contributed by atoms with Crippen LogP contribution in [0.2, 0.25) is 0 Å². The molecule has 0 aromatic heterocycles. The van der Waals surface area contributed by atoms with Crippen LogP contribution in [-0.2, 0) is 11.2 Å². The van der Waals surface area contributed by atoms with E-state index in [1.54, 1.807) is 0 Å². The molecule has 0 amide bonds. The molecule has 1 aliphatic rings. The molecule has 1 aromatic carbocycles. The number of rotatable bonds is 5. The molecule has 1 fully saturated rings. The van der Waals surface area contributed by atoms with Crippen molar-refractivity contribution in [1.82, 2.24) is 0 Å². The number of halogens is 2. The van der Waals surface area contributed by atoms with E-state index in [-0.39, 0.29) is 17.7 Å². The van der Waals surface area contributed by atoms with Crippen LogP contribution < -0.4 is 4.74 Å². The predicted molar refractivity (Wildman–Crippen MR) is 54.3 cm³/mol. The average molecular weight is 226 g/mol. The fraction of sp³-hybridized carbons (Fsp3) is 0.417. The Balaban J connectivity index is 2.11. The van der Waals surface area contributed by atoms with Gasteiger partial charge in [0, 0.05) is 24.1 Å². The second-order valence-corrected chi connectivity index (χ2v) is 3.99. The largest absolute Gasteiger partial charge is 0.493 e. The summed E-state index contributed by atoms with van der Waals surface area (Å²) in [5.41, 5.74) is -0.200. The molecule has 0 saturated heterocycles. The summed E-state index contributed by atoms with van der Waals surface area (Å²) in [7, 11) is 0. The predicted octanol–water partition coefficient (Wildman–Crippen LogP) is 2.50. The van der Waals surface area contributed by atoms with Gasteiger partial charge in [-0.25, -0.2) is 8.78 Å². The highest BCUT2D eigenvalue weighted by molar-refractivity contribution is 5.55. The lowest BCUT2D eigenvalue weighted by Crippen LogP contribution is -2.02. The van der Waals surface area contributed by atoms with Gasteiger partial charge < -0.3 is 9.53 Å². The second kappa shape index (κ2) is 4.60. The molecule has 86 valence electrons. The Morgan fingerprint density at radius 2 is 1.94 bits per heavy atom. The molecule has 0 N–H and O–H groups in total. The minimum Gasteiger partial charge on any atom is -0.493 e. The van der Waals surface area contributed by atoms with E-state index in [0.29, 0.717) is 18.8 Å². The zero-order chi connectivity index (χ0) is 11.5. The Bertz CT molecular complexity index is 377. The lowest BCUT2D eigenvalue weighted by Gasteiger charge is -2.07. The Hall–Kier alpha value is -1.45. The molecule has 4 heteroatoms. The van der Waals surface area contributed by atoms with E-state index >= 15 is 0 Å². The van der Waals surface area contributed by atoms with Crippen molar-refractivity contribution in [1.29, 1.82) is 0 Å². The van der Waals surface area contributed by atoms with Gasteiger partial charge in [0.2, 0.25) is 0 Å². The van der Waals surface area contributed by atoms with Crippen LogP contribution in [0.4, 0.5) is 8.78 Å². The topological polar surface area (TPSA) is 26.3 Å². The van der Waals surface area contributed by atoms with Crippen LogP contribution in [0.3, 0.4) is 0 Å². The smallest absolute Gasteiger partial charge is 0.133 e. The van der Waals surface area contributed by atoms with Gasteiger partial charge in [0.15, 0.2) is 0 Å². The molecule has 2 nitrogen and oxygen atoms in total. The standard InChI is InChI=1S/C12H12F2O2/c13-11-5-9(16-7-8-1-2-8)6-12(14)10(11)3-4-15/h4-6,8H,1-3,7H2. The Morgan fingerprint density at radius 1 is 1.31 bits per heavy atom. The molecule has 0 bridgehead atoms.